The predicted molar refractivity (Wildman–Crippen MR) is 111 cm³/mol. The number of nitrogens with one attached hydrogen (secondary N) is 1. The first-order valence-corrected chi connectivity index (χ1v) is 9.81. The number of halogens is 1. The molecular weight excluding hydrogens is 402 g/mol. The number of rotatable bonds is 7. The normalized spacial score (nSPS) is 10.5. The summed E-state index contributed by atoms with van der Waals surface area (Å²) in [4.78, 5) is 39.5. The number of hydrogen-bond donors (Lipinski definition) is 2. The SMILES string of the molecule is CCN(CC)C(=O)c1sc(NC(=O)c2cc(Cl)ccc2OC)c(C(N)=O)c1C. The molecule has 0 saturated carbocycles. The summed E-state index contributed by atoms with van der Waals surface area (Å²) in [6.07, 6.45) is 0. The largest absolute Gasteiger partial charge is 0.496 e. The van der Waals surface area contributed by atoms with Crippen LogP contribution in [-0.2, 0) is 0 Å². The van der Waals surface area contributed by atoms with Crippen molar-refractivity contribution in [2.75, 3.05) is 25.5 Å². The van der Waals surface area contributed by atoms with E-state index in [0.29, 0.717) is 34.3 Å². The number of carbonyl (C=O) groups excluding carboxylic acids is 3. The van der Waals surface area contributed by atoms with Crippen LogP contribution in [0.4, 0.5) is 5.00 Å². The molecule has 150 valence electrons. The number of nitrogens with zero attached hydrogens (tertiary/aromatic N) is 1. The van der Waals surface area contributed by atoms with Gasteiger partial charge in [-0.05, 0) is 44.5 Å². The monoisotopic (exact) mass is 423 g/mol. The van der Waals surface area contributed by atoms with Crippen LogP contribution in [-0.4, -0.2) is 42.8 Å². The molecule has 0 aliphatic carbocycles. The number of amides is 3. The van der Waals surface area contributed by atoms with Gasteiger partial charge in [0.05, 0.1) is 23.1 Å². The molecular formula is C19H22ClN3O4S. The highest BCUT2D eigenvalue weighted by atomic mass is 35.5. The molecule has 9 heteroatoms. The summed E-state index contributed by atoms with van der Waals surface area (Å²) in [5.74, 6) is -1.13. The van der Waals surface area contributed by atoms with Crippen LogP contribution in [0.5, 0.6) is 5.75 Å². The fourth-order valence-electron chi connectivity index (χ4n) is 2.78. The minimum atomic E-state index is -0.722. The summed E-state index contributed by atoms with van der Waals surface area (Å²) in [5.41, 5.74) is 6.28. The van der Waals surface area contributed by atoms with Gasteiger partial charge in [-0.1, -0.05) is 11.6 Å². The Kier molecular flexibility index (Phi) is 7.04. The summed E-state index contributed by atoms with van der Waals surface area (Å²) in [7, 11) is 1.44. The van der Waals surface area contributed by atoms with E-state index < -0.39 is 11.8 Å². The van der Waals surface area contributed by atoms with E-state index in [1.807, 2.05) is 13.8 Å². The van der Waals surface area contributed by atoms with E-state index in [4.69, 9.17) is 22.1 Å². The third kappa shape index (κ3) is 4.28. The second-order valence-electron chi connectivity index (χ2n) is 5.90. The minimum absolute atomic E-state index is 0.120. The third-order valence-corrected chi connectivity index (χ3v) is 5.70. The first-order chi connectivity index (χ1) is 13.2. The van der Waals surface area contributed by atoms with Crippen molar-refractivity contribution in [3.8, 4) is 5.75 Å². The third-order valence-electron chi connectivity index (χ3n) is 4.27. The average Bonchev–Trinajstić information content (AvgIpc) is 2.98. The Bertz CT molecular complexity index is 922. The van der Waals surface area contributed by atoms with Crippen LogP contribution in [0.15, 0.2) is 18.2 Å². The van der Waals surface area contributed by atoms with Gasteiger partial charge in [-0.3, -0.25) is 14.4 Å². The molecule has 0 radical (unpaired) electrons. The van der Waals surface area contributed by atoms with Crippen LogP contribution < -0.4 is 15.8 Å². The molecule has 28 heavy (non-hydrogen) atoms. The molecule has 3 N–H and O–H groups in total. The smallest absolute Gasteiger partial charge is 0.264 e. The van der Waals surface area contributed by atoms with Crippen LogP contribution in [0.2, 0.25) is 5.02 Å². The Morgan fingerprint density at radius 1 is 1.25 bits per heavy atom. The number of benzene rings is 1. The summed E-state index contributed by atoms with van der Waals surface area (Å²) in [5, 5.41) is 3.25. The van der Waals surface area contributed by atoms with Crippen LogP contribution in [0.25, 0.3) is 0 Å². The molecule has 0 spiro atoms. The van der Waals surface area contributed by atoms with Gasteiger partial charge in [0.15, 0.2) is 0 Å². The number of methoxy groups -OCH3 is 1. The maximum absolute atomic E-state index is 12.8. The minimum Gasteiger partial charge on any atom is -0.496 e. The Hall–Kier alpha value is -2.58. The van der Waals surface area contributed by atoms with Crippen molar-refractivity contribution in [3.05, 3.63) is 44.8 Å². The first kappa shape index (κ1) is 21.7. The summed E-state index contributed by atoms with van der Waals surface area (Å²) >= 11 is 7.01. The lowest BCUT2D eigenvalue weighted by Crippen LogP contribution is -2.30. The topological polar surface area (TPSA) is 102 Å². The molecule has 1 aromatic heterocycles. The van der Waals surface area contributed by atoms with E-state index in [1.165, 1.54) is 13.2 Å². The molecule has 3 amide bonds. The van der Waals surface area contributed by atoms with Crippen LogP contribution in [0.3, 0.4) is 0 Å². The van der Waals surface area contributed by atoms with E-state index in [-0.39, 0.29) is 22.0 Å². The molecule has 0 aliphatic rings. The second kappa shape index (κ2) is 9.07. The van der Waals surface area contributed by atoms with Crippen LogP contribution in [0, 0.1) is 6.92 Å². The zero-order chi connectivity index (χ0) is 21.0. The van der Waals surface area contributed by atoms with Gasteiger partial charge in [-0.2, -0.15) is 0 Å². The Labute approximate surface area is 172 Å². The van der Waals surface area contributed by atoms with Gasteiger partial charge in [0.25, 0.3) is 17.7 Å². The Morgan fingerprint density at radius 2 is 1.89 bits per heavy atom. The van der Waals surface area contributed by atoms with Crippen molar-refractivity contribution in [2.45, 2.75) is 20.8 Å². The molecule has 0 bridgehead atoms. The highest BCUT2D eigenvalue weighted by Gasteiger charge is 2.27. The summed E-state index contributed by atoms with van der Waals surface area (Å²) < 4.78 is 5.20. The van der Waals surface area contributed by atoms with Gasteiger partial charge in [0.1, 0.15) is 10.8 Å². The first-order valence-electron chi connectivity index (χ1n) is 8.62. The van der Waals surface area contributed by atoms with E-state index >= 15 is 0 Å². The van der Waals surface area contributed by atoms with Gasteiger partial charge in [-0.25, -0.2) is 0 Å². The number of anilines is 1. The molecule has 0 saturated heterocycles. The van der Waals surface area contributed by atoms with Crippen molar-refractivity contribution in [1.29, 1.82) is 0 Å². The molecule has 1 aromatic carbocycles. The zero-order valence-electron chi connectivity index (χ0n) is 16.1. The van der Waals surface area contributed by atoms with Gasteiger partial charge in [0, 0.05) is 18.1 Å². The summed E-state index contributed by atoms with van der Waals surface area (Å²) in [6.45, 7) is 6.43. The van der Waals surface area contributed by atoms with Gasteiger partial charge < -0.3 is 20.7 Å². The molecule has 0 unspecified atom stereocenters. The van der Waals surface area contributed by atoms with Gasteiger partial charge in [-0.15, -0.1) is 11.3 Å². The lowest BCUT2D eigenvalue weighted by atomic mass is 10.1. The number of hydrogen-bond acceptors (Lipinski definition) is 5. The number of carbonyl (C=O) groups is 3. The molecule has 2 aromatic rings. The fourth-order valence-corrected chi connectivity index (χ4v) is 4.13. The van der Waals surface area contributed by atoms with E-state index in [2.05, 4.69) is 5.32 Å². The fraction of sp³-hybridized carbons (Fsp3) is 0.316. The zero-order valence-corrected chi connectivity index (χ0v) is 17.7. The van der Waals surface area contributed by atoms with Gasteiger partial charge in [0.2, 0.25) is 0 Å². The van der Waals surface area contributed by atoms with Gasteiger partial charge >= 0.3 is 0 Å². The maximum atomic E-state index is 12.8. The standard InChI is InChI=1S/C19H22ClN3O4S/c1-5-23(6-2)19(26)15-10(3)14(16(21)24)18(28-15)22-17(25)12-9-11(20)7-8-13(12)27-4/h7-9H,5-6H2,1-4H3,(H2,21,24)(H,22,25). The quantitative estimate of drug-likeness (QED) is 0.710. The molecule has 1 heterocycles. The Balaban J connectivity index is 2.47. The molecule has 0 aliphatic heterocycles. The number of ether oxygens (including phenoxy) is 1. The van der Waals surface area contributed by atoms with Crippen LogP contribution >= 0.6 is 22.9 Å². The maximum Gasteiger partial charge on any atom is 0.264 e. The molecule has 7 nitrogen and oxygen atoms in total. The second-order valence-corrected chi connectivity index (χ2v) is 7.36. The highest BCUT2D eigenvalue weighted by molar-refractivity contribution is 7.18. The molecule has 2 rings (SSSR count). The van der Waals surface area contributed by atoms with Crippen molar-refractivity contribution < 1.29 is 19.1 Å². The highest BCUT2D eigenvalue weighted by Crippen LogP contribution is 2.34. The molecule has 0 atom stereocenters. The number of primary amides is 1. The van der Waals surface area contributed by atoms with Crippen molar-refractivity contribution in [2.24, 2.45) is 5.73 Å². The Morgan fingerprint density at radius 3 is 2.43 bits per heavy atom. The predicted octanol–water partition coefficient (Wildman–Crippen LogP) is 3.55. The van der Waals surface area contributed by atoms with E-state index in [9.17, 15) is 14.4 Å². The van der Waals surface area contributed by atoms with E-state index in [0.717, 1.165) is 11.3 Å². The lowest BCUT2D eigenvalue weighted by Gasteiger charge is -2.17. The lowest BCUT2D eigenvalue weighted by molar-refractivity contribution is 0.0777. The van der Waals surface area contributed by atoms with Crippen LogP contribution in [0.1, 0.15) is 49.8 Å². The van der Waals surface area contributed by atoms with Crippen molar-refractivity contribution >= 4 is 45.7 Å². The average molecular weight is 424 g/mol. The van der Waals surface area contributed by atoms with Crippen molar-refractivity contribution in [1.82, 2.24) is 4.90 Å². The number of nitrogens with two attached hydrogens (primary N) is 1. The van der Waals surface area contributed by atoms with E-state index in [1.54, 1.807) is 24.0 Å². The number of thiophene rings is 1. The van der Waals surface area contributed by atoms with Crippen molar-refractivity contribution in [3.63, 3.8) is 0 Å². The molecule has 0 fully saturated rings. The summed E-state index contributed by atoms with van der Waals surface area (Å²) in [6, 6.07) is 4.63.